The molecule has 0 radical (unpaired) electrons. The molecule has 1 aliphatic rings. The van der Waals surface area contributed by atoms with E-state index in [0.29, 0.717) is 0 Å². The van der Waals surface area contributed by atoms with Crippen LogP contribution in [0, 0.1) is 0 Å². The summed E-state index contributed by atoms with van der Waals surface area (Å²) in [5.74, 6) is 0. The second-order valence-corrected chi connectivity index (χ2v) is 3.06. The van der Waals surface area contributed by atoms with Gasteiger partial charge >= 0.3 is 0 Å². The summed E-state index contributed by atoms with van der Waals surface area (Å²) in [6, 6.07) is 0. The molecule has 0 N–H and O–H groups in total. The molecule has 0 aromatic heterocycles. The van der Waals surface area contributed by atoms with E-state index < -0.39 is 0 Å². The van der Waals surface area contributed by atoms with Crippen LogP contribution in [0.1, 0.15) is 39.5 Å². The number of hydrogen-bond donors (Lipinski definition) is 0. The van der Waals surface area contributed by atoms with Crippen LogP contribution in [0.5, 0.6) is 0 Å². The fraction of sp³-hybridized carbons (Fsp3) is 0.600. The Morgan fingerprint density at radius 3 is 2.90 bits per heavy atom. The van der Waals surface area contributed by atoms with Crippen molar-refractivity contribution in [1.29, 1.82) is 0 Å². The largest absolute Gasteiger partial charge is 0.0810 e. The van der Waals surface area contributed by atoms with Crippen LogP contribution < -0.4 is 0 Å². The molecular formula is C10H16. The third-order valence-electron chi connectivity index (χ3n) is 1.92. The Morgan fingerprint density at radius 2 is 2.30 bits per heavy atom. The van der Waals surface area contributed by atoms with Gasteiger partial charge in [-0.2, -0.15) is 0 Å². The predicted molar refractivity (Wildman–Crippen MR) is 46.0 cm³/mol. The van der Waals surface area contributed by atoms with Crippen LogP contribution in [-0.4, -0.2) is 0 Å². The Hall–Kier alpha value is -0.520. The van der Waals surface area contributed by atoms with Crippen molar-refractivity contribution < 1.29 is 0 Å². The van der Waals surface area contributed by atoms with Crippen LogP contribution >= 0.6 is 0 Å². The Bertz CT molecular complexity index is 161. The molecular weight excluding hydrogens is 120 g/mol. The highest BCUT2D eigenvalue weighted by atomic mass is 14.0. The lowest BCUT2D eigenvalue weighted by Gasteiger charge is -2.08. The molecule has 0 amide bonds. The lowest BCUT2D eigenvalue weighted by atomic mass is 9.98. The van der Waals surface area contributed by atoms with Gasteiger partial charge in [0, 0.05) is 0 Å². The Kier molecular flexibility index (Phi) is 2.73. The third-order valence-corrected chi connectivity index (χ3v) is 1.92. The molecule has 0 saturated carbocycles. The van der Waals surface area contributed by atoms with Crippen molar-refractivity contribution in [3.63, 3.8) is 0 Å². The van der Waals surface area contributed by atoms with Gasteiger partial charge in [-0.3, -0.25) is 0 Å². The van der Waals surface area contributed by atoms with Crippen molar-refractivity contribution in [2.75, 3.05) is 0 Å². The quantitative estimate of drug-likeness (QED) is 0.545. The van der Waals surface area contributed by atoms with Gasteiger partial charge < -0.3 is 0 Å². The van der Waals surface area contributed by atoms with Crippen LogP contribution in [-0.2, 0) is 0 Å². The first-order chi connectivity index (χ1) is 4.83. The minimum absolute atomic E-state index is 1.26. The van der Waals surface area contributed by atoms with Crippen LogP contribution in [0.15, 0.2) is 23.3 Å². The Balaban J connectivity index is 2.51. The average molecular weight is 136 g/mol. The van der Waals surface area contributed by atoms with E-state index in [1.165, 1.54) is 25.7 Å². The third kappa shape index (κ3) is 2.02. The molecule has 0 aromatic rings. The maximum absolute atomic E-state index is 2.37. The van der Waals surface area contributed by atoms with Crippen LogP contribution in [0.4, 0.5) is 0 Å². The van der Waals surface area contributed by atoms with E-state index in [9.17, 15) is 0 Å². The van der Waals surface area contributed by atoms with Crippen LogP contribution in [0.2, 0.25) is 0 Å². The summed E-state index contributed by atoms with van der Waals surface area (Å²) < 4.78 is 0. The molecule has 0 aromatic carbocycles. The minimum Gasteiger partial charge on any atom is -0.0810 e. The van der Waals surface area contributed by atoms with E-state index in [4.69, 9.17) is 0 Å². The van der Waals surface area contributed by atoms with Gasteiger partial charge in [0.2, 0.25) is 0 Å². The average Bonchev–Trinajstić information content (AvgIpc) is 1.88. The first-order valence-electron chi connectivity index (χ1n) is 4.19. The van der Waals surface area contributed by atoms with Crippen molar-refractivity contribution in [2.45, 2.75) is 39.5 Å². The minimum atomic E-state index is 1.26. The molecule has 0 unspecified atom stereocenters. The highest BCUT2D eigenvalue weighted by Crippen LogP contribution is 2.19. The fourth-order valence-corrected chi connectivity index (χ4v) is 1.40. The summed E-state index contributed by atoms with van der Waals surface area (Å²) in [5, 5.41) is 0. The summed E-state index contributed by atoms with van der Waals surface area (Å²) >= 11 is 0. The monoisotopic (exact) mass is 136 g/mol. The summed E-state index contributed by atoms with van der Waals surface area (Å²) in [5.41, 5.74) is 3.09. The highest BCUT2D eigenvalue weighted by Gasteiger charge is 1.99. The van der Waals surface area contributed by atoms with E-state index in [1.54, 1.807) is 11.1 Å². The molecule has 0 bridgehead atoms. The van der Waals surface area contributed by atoms with Crippen LogP contribution in [0.25, 0.3) is 0 Å². The fourth-order valence-electron chi connectivity index (χ4n) is 1.40. The van der Waals surface area contributed by atoms with Gasteiger partial charge in [-0.15, -0.1) is 0 Å². The predicted octanol–water partition coefficient (Wildman–Crippen LogP) is 3.45. The number of hydrogen-bond acceptors (Lipinski definition) is 0. The normalized spacial score (nSPS) is 18.2. The van der Waals surface area contributed by atoms with Crippen molar-refractivity contribution >= 4 is 0 Å². The van der Waals surface area contributed by atoms with E-state index in [-0.39, 0.29) is 0 Å². The summed E-state index contributed by atoms with van der Waals surface area (Å²) in [7, 11) is 0. The molecule has 0 saturated heterocycles. The Labute approximate surface area is 63.6 Å². The zero-order valence-electron chi connectivity index (χ0n) is 6.98. The first-order valence-corrected chi connectivity index (χ1v) is 4.19. The van der Waals surface area contributed by atoms with Gasteiger partial charge in [-0.1, -0.05) is 36.6 Å². The van der Waals surface area contributed by atoms with Gasteiger partial charge in [0.15, 0.2) is 0 Å². The van der Waals surface area contributed by atoms with Gasteiger partial charge in [0.25, 0.3) is 0 Å². The smallest absolute Gasteiger partial charge is 0.0285 e. The summed E-state index contributed by atoms with van der Waals surface area (Å²) in [4.78, 5) is 0. The molecule has 0 atom stereocenters. The number of rotatable bonds is 2. The zero-order valence-corrected chi connectivity index (χ0v) is 6.98. The summed E-state index contributed by atoms with van der Waals surface area (Å²) in [6.07, 6.45) is 9.78. The molecule has 56 valence electrons. The first kappa shape index (κ1) is 7.59. The summed E-state index contributed by atoms with van der Waals surface area (Å²) in [6.45, 7) is 4.46. The molecule has 1 aliphatic carbocycles. The molecule has 0 fully saturated rings. The maximum Gasteiger partial charge on any atom is -0.0285 e. The molecule has 1 rings (SSSR count). The van der Waals surface area contributed by atoms with Gasteiger partial charge in [-0.25, -0.2) is 0 Å². The van der Waals surface area contributed by atoms with Crippen LogP contribution in [0.3, 0.4) is 0 Å². The van der Waals surface area contributed by atoms with Gasteiger partial charge in [0.1, 0.15) is 0 Å². The van der Waals surface area contributed by atoms with Gasteiger partial charge in [-0.05, 0) is 26.2 Å². The topological polar surface area (TPSA) is 0 Å². The van der Waals surface area contributed by atoms with Gasteiger partial charge in [0.05, 0.1) is 0 Å². The lowest BCUT2D eigenvalue weighted by molar-refractivity contribution is 0.872. The molecule has 0 heteroatoms. The van der Waals surface area contributed by atoms with E-state index in [1.807, 2.05) is 0 Å². The SMILES string of the molecule is CCCC1=CCCC(C)=C1. The van der Waals surface area contributed by atoms with E-state index in [0.717, 1.165) is 0 Å². The molecule has 0 nitrogen and oxygen atoms in total. The standard InChI is InChI=1S/C10H16/c1-3-5-10-7-4-6-9(2)8-10/h7-8H,3-6H2,1-2H3. The molecule has 10 heavy (non-hydrogen) atoms. The number of allylic oxidation sites excluding steroid dienone is 4. The maximum atomic E-state index is 2.37. The molecule has 0 heterocycles. The second kappa shape index (κ2) is 3.60. The Morgan fingerprint density at radius 1 is 1.50 bits per heavy atom. The molecule has 0 spiro atoms. The molecule has 0 aliphatic heterocycles. The van der Waals surface area contributed by atoms with Crippen molar-refractivity contribution in [2.24, 2.45) is 0 Å². The van der Waals surface area contributed by atoms with Crippen molar-refractivity contribution in [3.8, 4) is 0 Å². The lowest BCUT2D eigenvalue weighted by Crippen LogP contribution is -1.88. The van der Waals surface area contributed by atoms with Crippen molar-refractivity contribution in [1.82, 2.24) is 0 Å². The van der Waals surface area contributed by atoms with E-state index >= 15 is 0 Å². The van der Waals surface area contributed by atoms with E-state index in [2.05, 4.69) is 26.0 Å². The highest BCUT2D eigenvalue weighted by molar-refractivity contribution is 5.26. The second-order valence-electron chi connectivity index (χ2n) is 3.06. The van der Waals surface area contributed by atoms with Crippen molar-refractivity contribution in [3.05, 3.63) is 23.3 Å². The zero-order chi connectivity index (χ0) is 7.40.